The number of hydrogen-bond acceptors (Lipinski definition) is 4. The van der Waals surface area contributed by atoms with Gasteiger partial charge in [0.25, 0.3) is 0 Å². The Morgan fingerprint density at radius 1 is 0.889 bits per heavy atom. The molecule has 7 nitrogen and oxygen atoms in total. The second kappa shape index (κ2) is 13.8. The summed E-state index contributed by atoms with van der Waals surface area (Å²) in [6.45, 7) is 11.2. The highest BCUT2D eigenvalue weighted by molar-refractivity contribution is 5.90. The van der Waals surface area contributed by atoms with E-state index in [0.717, 1.165) is 42.6 Å². The average molecular weight is 623 g/mol. The third-order valence-corrected chi connectivity index (χ3v) is 13.4. The van der Waals surface area contributed by atoms with Crippen molar-refractivity contribution in [3.63, 3.8) is 0 Å². The molecule has 7 heteroatoms. The molecule has 1 aromatic carbocycles. The van der Waals surface area contributed by atoms with Gasteiger partial charge in [-0.1, -0.05) is 65.0 Å². The summed E-state index contributed by atoms with van der Waals surface area (Å²) in [6.07, 6.45) is 12.1. The molecule has 5 rings (SSSR count). The van der Waals surface area contributed by atoms with Crippen LogP contribution in [0.1, 0.15) is 111 Å². The number of hydrogen-bond donors (Lipinski definition) is 4. The van der Waals surface area contributed by atoms with E-state index in [-0.39, 0.29) is 24.3 Å². The number of aliphatic hydroxyl groups excluding tert-OH is 1. The van der Waals surface area contributed by atoms with Crippen molar-refractivity contribution in [3.8, 4) is 0 Å². The third kappa shape index (κ3) is 6.99. The van der Waals surface area contributed by atoms with E-state index >= 15 is 0 Å². The van der Waals surface area contributed by atoms with Crippen LogP contribution in [0.2, 0.25) is 0 Å². The molecule has 2 amide bonds. The van der Waals surface area contributed by atoms with Crippen LogP contribution in [0.5, 0.6) is 0 Å². The van der Waals surface area contributed by atoms with Gasteiger partial charge in [-0.2, -0.15) is 0 Å². The summed E-state index contributed by atoms with van der Waals surface area (Å²) < 4.78 is 0. The summed E-state index contributed by atoms with van der Waals surface area (Å²) in [6, 6.07) is 7.40. The van der Waals surface area contributed by atoms with Crippen LogP contribution in [-0.4, -0.2) is 46.2 Å². The number of nitrogens with one attached hydrogen (secondary N) is 2. The molecule has 0 unspecified atom stereocenters. The molecule has 0 aliphatic heterocycles. The van der Waals surface area contributed by atoms with Crippen LogP contribution in [0.15, 0.2) is 30.3 Å². The van der Waals surface area contributed by atoms with Crippen molar-refractivity contribution in [1.29, 1.82) is 0 Å². The standard InChI is InChI=1S/C38H58N2O5/c1-23(2)34(35(43)39-32(36(44)45)21-25-9-7-6-8-10-25)40-33(42)16-11-24(3)29-14-15-30-28-13-12-26-22-27(41)17-19-37(26,4)31(28)18-20-38(29,30)5/h6-10,23-24,26-32,34,41H,11-22H2,1-5H3,(H,39,43)(H,40,42)(H,44,45)/t24-,26-,27-,28+,29-,30+,31+,32+,34+,37+,38-/m1/s1. The molecule has 0 spiro atoms. The number of carbonyl (C=O) groups excluding carboxylic acids is 2. The van der Waals surface area contributed by atoms with E-state index in [0.29, 0.717) is 35.0 Å². The lowest BCUT2D eigenvalue weighted by Gasteiger charge is -2.61. The van der Waals surface area contributed by atoms with Gasteiger partial charge >= 0.3 is 5.97 Å². The van der Waals surface area contributed by atoms with E-state index in [4.69, 9.17) is 0 Å². The van der Waals surface area contributed by atoms with Gasteiger partial charge in [-0.05, 0) is 122 Å². The second-order valence-electron chi connectivity index (χ2n) is 16.2. The van der Waals surface area contributed by atoms with Crippen LogP contribution >= 0.6 is 0 Å². The average Bonchev–Trinajstić information content (AvgIpc) is 3.36. The van der Waals surface area contributed by atoms with E-state index in [1.165, 1.54) is 44.9 Å². The Morgan fingerprint density at radius 2 is 1.58 bits per heavy atom. The van der Waals surface area contributed by atoms with Gasteiger partial charge in [0.05, 0.1) is 6.10 Å². The largest absolute Gasteiger partial charge is 0.480 e. The Kier molecular flexibility index (Phi) is 10.4. The summed E-state index contributed by atoms with van der Waals surface area (Å²) in [5, 5.41) is 25.8. The normalized spacial score (nSPS) is 36.2. The van der Waals surface area contributed by atoms with Gasteiger partial charge in [0.1, 0.15) is 12.1 Å². The van der Waals surface area contributed by atoms with Gasteiger partial charge in [-0.15, -0.1) is 0 Å². The molecule has 4 saturated carbocycles. The zero-order valence-corrected chi connectivity index (χ0v) is 28.3. The first-order valence-corrected chi connectivity index (χ1v) is 17.9. The molecule has 250 valence electrons. The smallest absolute Gasteiger partial charge is 0.326 e. The minimum atomic E-state index is -1.09. The molecule has 11 atom stereocenters. The molecule has 4 fully saturated rings. The highest BCUT2D eigenvalue weighted by Gasteiger charge is 2.60. The highest BCUT2D eigenvalue weighted by atomic mass is 16.4. The first-order chi connectivity index (χ1) is 21.3. The molecular weight excluding hydrogens is 564 g/mol. The number of rotatable bonds is 11. The van der Waals surface area contributed by atoms with Crippen molar-refractivity contribution in [2.24, 2.45) is 52.3 Å². The SMILES string of the molecule is CC(C)[C@H](NC(=O)CC[C@@H](C)[C@H]1CC[C@H]2[C@@H]3CC[C@@H]4C[C@H](O)CC[C@]4(C)[C@H]3CC[C@]12C)C(=O)N[C@@H](Cc1ccccc1)C(=O)O. The lowest BCUT2D eigenvalue weighted by atomic mass is 9.44. The fraction of sp³-hybridized carbons (Fsp3) is 0.763. The van der Waals surface area contributed by atoms with E-state index in [2.05, 4.69) is 31.4 Å². The van der Waals surface area contributed by atoms with Gasteiger partial charge in [0.2, 0.25) is 11.8 Å². The number of carbonyl (C=O) groups is 3. The van der Waals surface area contributed by atoms with Crippen molar-refractivity contribution < 1.29 is 24.6 Å². The van der Waals surface area contributed by atoms with Gasteiger partial charge in [-0.3, -0.25) is 9.59 Å². The third-order valence-electron chi connectivity index (χ3n) is 13.4. The summed E-state index contributed by atoms with van der Waals surface area (Å²) in [5.41, 5.74) is 1.53. The van der Waals surface area contributed by atoms with Crippen LogP contribution in [0.4, 0.5) is 0 Å². The number of carboxylic acid groups (broad SMARTS) is 1. The second-order valence-corrected chi connectivity index (χ2v) is 16.2. The number of amides is 2. The summed E-state index contributed by atoms with van der Waals surface area (Å²) >= 11 is 0. The van der Waals surface area contributed by atoms with Crippen molar-refractivity contribution in [2.75, 3.05) is 0 Å². The Morgan fingerprint density at radius 3 is 2.27 bits per heavy atom. The minimum Gasteiger partial charge on any atom is -0.480 e. The molecule has 0 bridgehead atoms. The van der Waals surface area contributed by atoms with Gasteiger partial charge in [-0.25, -0.2) is 4.79 Å². The molecular formula is C38H58N2O5. The summed E-state index contributed by atoms with van der Waals surface area (Å²) in [5.74, 6) is 2.19. The zero-order chi connectivity index (χ0) is 32.5. The maximum atomic E-state index is 13.2. The van der Waals surface area contributed by atoms with Crippen LogP contribution in [0.25, 0.3) is 0 Å². The molecule has 4 aliphatic carbocycles. The Labute approximate surface area is 270 Å². The number of aliphatic carboxylic acids is 1. The number of aliphatic hydroxyl groups is 1. The predicted octanol–water partition coefficient (Wildman–Crippen LogP) is 6.38. The van der Waals surface area contributed by atoms with Crippen LogP contribution in [0, 0.1) is 52.3 Å². The van der Waals surface area contributed by atoms with Crippen LogP contribution < -0.4 is 10.6 Å². The Hall–Kier alpha value is -2.41. The minimum absolute atomic E-state index is 0.103. The maximum Gasteiger partial charge on any atom is 0.326 e. The lowest BCUT2D eigenvalue weighted by Crippen LogP contribution is -2.54. The highest BCUT2D eigenvalue weighted by Crippen LogP contribution is 2.68. The molecule has 0 saturated heterocycles. The fourth-order valence-corrected chi connectivity index (χ4v) is 10.9. The zero-order valence-electron chi connectivity index (χ0n) is 28.3. The lowest BCUT2D eigenvalue weighted by molar-refractivity contribution is -0.142. The Balaban J connectivity index is 1.15. The number of fused-ring (bicyclic) bond motifs is 5. The fourth-order valence-electron chi connectivity index (χ4n) is 10.9. The molecule has 0 heterocycles. The van der Waals surface area contributed by atoms with Crippen molar-refractivity contribution in [2.45, 2.75) is 130 Å². The maximum absolute atomic E-state index is 13.2. The first kappa shape index (κ1) is 33.9. The van der Waals surface area contributed by atoms with E-state index < -0.39 is 24.0 Å². The first-order valence-electron chi connectivity index (χ1n) is 17.9. The number of carboxylic acids is 1. The summed E-state index contributed by atoms with van der Waals surface area (Å²) in [4.78, 5) is 38.4. The molecule has 0 radical (unpaired) electrons. The molecule has 0 aromatic heterocycles. The van der Waals surface area contributed by atoms with E-state index in [1.54, 1.807) is 0 Å². The van der Waals surface area contributed by atoms with E-state index in [1.807, 2.05) is 44.2 Å². The number of benzene rings is 1. The molecule has 45 heavy (non-hydrogen) atoms. The Bertz CT molecular complexity index is 1200. The molecule has 4 N–H and O–H groups in total. The monoisotopic (exact) mass is 622 g/mol. The quantitative estimate of drug-likeness (QED) is 0.229. The van der Waals surface area contributed by atoms with Crippen molar-refractivity contribution >= 4 is 17.8 Å². The van der Waals surface area contributed by atoms with E-state index in [9.17, 15) is 24.6 Å². The van der Waals surface area contributed by atoms with Crippen molar-refractivity contribution in [1.82, 2.24) is 10.6 Å². The topological polar surface area (TPSA) is 116 Å². The van der Waals surface area contributed by atoms with Crippen LogP contribution in [0.3, 0.4) is 0 Å². The van der Waals surface area contributed by atoms with Crippen molar-refractivity contribution in [3.05, 3.63) is 35.9 Å². The van der Waals surface area contributed by atoms with Gasteiger partial charge in [0.15, 0.2) is 0 Å². The molecule has 1 aromatic rings. The summed E-state index contributed by atoms with van der Waals surface area (Å²) in [7, 11) is 0. The predicted molar refractivity (Wildman–Crippen MR) is 176 cm³/mol. The van der Waals surface area contributed by atoms with Gasteiger partial charge < -0.3 is 20.8 Å². The van der Waals surface area contributed by atoms with Gasteiger partial charge in [0, 0.05) is 12.8 Å². The van der Waals surface area contributed by atoms with Crippen LogP contribution in [-0.2, 0) is 20.8 Å². The molecule has 4 aliphatic rings.